The zero-order valence-electron chi connectivity index (χ0n) is 8.40. The molecule has 0 aromatic carbocycles. The third-order valence-electron chi connectivity index (χ3n) is 1.40. The second-order valence-electron chi connectivity index (χ2n) is 2.87. The van der Waals surface area contributed by atoms with Gasteiger partial charge in [0.2, 0.25) is 0 Å². The van der Waals surface area contributed by atoms with E-state index in [1.807, 2.05) is 0 Å². The lowest BCUT2D eigenvalue weighted by atomic mass is 10.4. The average Bonchev–Trinajstić information content (AvgIpc) is 2.31. The first-order valence-corrected chi connectivity index (χ1v) is 4.43. The van der Waals surface area contributed by atoms with E-state index in [1.54, 1.807) is 0 Å². The standard InChI is InChI=1S/C8H14O8/c9-1-5(11)3-15-7(13)8(14)16-4-6(12)2-10/h5-6,9-12H,1-4H2. The van der Waals surface area contributed by atoms with Crippen molar-refractivity contribution < 1.29 is 39.5 Å². The van der Waals surface area contributed by atoms with E-state index in [0.29, 0.717) is 0 Å². The maximum Gasteiger partial charge on any atom is 0.417 e. The molecule has 0 aromatic heterocycles. The van der Waals surface area contributed by atoms with Crippen LogP contribution in [0.3, 0.4) is 0 Å². The van der Waals surface area contributed by atoms with Crippen molar-refractivity contribution in [3.05, 3.63) is 0 Å². The first-order valence-electron chi connectivity index (χ1n) is 4.43. The monoisotopic (exact) mass is 238 g/mol. The summed E-state index contributed by atoms with van der Waals surface area (Å²) in [5.74, 6) is -2.70. The van der Waals surface area contributed by atoms with Gasteiger partial charge in [0.15, 0.2) is 0 Å². The third-order valence-corrected chi connectivity index (χ3v) is 1.40. The van der Waals surface area contributed by atoms with E-state index in [2.05, 4.69) is 9.47 Å². The number of carbonyl (C=O) groups excluding carboxylic acids is 2. The minimum absolute atomic E-state index is 0.535. The molecule has 0 aromatic rings. The van der Waals surface area contributed by atoms with Crippen LogP contribution in [-0.2, 0) is 19.1 Å². The molecule has 0 fully saturated rings. The highest BCUT2D eigenvalue weighted by molar-refractivity contribution is 6.29. The molecular formula is C8H14O8. The third kappa shape index (κ3) is 6.30. The number of aliphatic hydroxyl groups excluding tert-OH is 4. The Kier molecular flexibility index (Phi) is 7.38. The Bertz CT molecular complexity index is 204. The highest BCUT2D eigenvalue weighted by Crippen LogP contribution is 1.90. The van der Waals surface area contributed by atoms with Crippen LogP contribution in [0.1, 0.15) is 0 Å². The van der Waals surface area contributed by atoms with Crippen LogP contribution >= 0.6 is 0 Å². The molecule has 8 heteroatoms. The van der Waals surface area contributed by atoms with Crippen molar-refractivity contribution in [2.45, 2.75) is 12.2 Å². The Morgan fingerprint density at radius 1 is 0.875 bits per heavy atom. The fraction of sp³-hybridized carbons (Fsp3) is 0.750. The Labute approximate surface area is 91.0 Å². The summed E-state index contributed by atoms with van der Waals surface area (Å²) in [6, 6.07) is 0. The summed E-state index contributed by atoms with van der Waals surface area (Å²) in [6.07, 6.45) is -2.53. The zero-order chi connectivity index (χ0) is 12.6. The van der Waals surface area contributed by atoms with Crippen molar-refractivity contribution in [2.75, 3.05) is 26.4 Å². The summed E-state index contributed by atoms with van der Waals surface area (Å²) >= 11 is 0. The molecule has 0 saturated heterocycles. The zero-order valence-corrected chi connectivity index (χ0v) is 8.40. The number of hydrogen-bond acceptors (Lipinski definition) is 8. The van der Waals surface area contributed by atoms with Crippen molar-refractivity contribution in [3.63, 3.8) is 0 Å². The van der Waals surface area contributed by atoms with Gasteiger partial charge in [-0.1, -0.05) is 0 Å². The highest BCUT2D eigenvalue weighted by atomic mass is 16.6. The predicted molar refractivity (Wildman–Crippen MR) is 48.1 cm³/mol. The van der Waals surface area contributed by atoms with E-state index in [9.17, 15) is 9.59 Å². The quantitative estimate of drug-likeness (QED) is 0.280. The molecule has 0 spiro atoms. The van der Waals surface area contributed by atoms with Crippen LogP contribution in [0.4, 0.5) is 0 Å². The fourth-order valence-electron chi connectivity index (χ4n) is 0.567. The van der Waals surface area contributed by atoms with E-state index in [1.165, 1.54) is 0 Å². The van der Waals surface area contributed by atoms with E-state index < -0.39 is 50.6 Å². The van der Waals surface area contributed by atoms with Gasteiger partial charge in [-0.05, 0) is 0 Å². The summed E-state index contributed by atoms with van der Waals surface area (Å²) < 4.78 is 8.51. The van der Waals surface area contributed by atoms with Crippen molar-refractivity contribution in [3.8, 4) is 0 Å². The normalized spacial score (nSPS) is 14.0. The Balaban J connectivity index is 3.78. The summed E-state index contributed by atoms with van der Waals surface area (Å²) in [5.41, 5.74) is 0. The molecule has 8 nitrogen and oxygen atoms in total. The van der Waals surface area contributed by atoms with Gasteiger partial charge < -0.3 is 29.9 Å². The van der Waals surface area contributed by atoms with Gasteiger partial charge in [-0.2, -0.15) is 0 Å². The second-order valence-corrected chi connectivity index (χ2v) is 2.87. The van der Waals surface area contributed by atoms with Gasteiger partial charge in [-0.25, -0.2) is 9.59 Å². The molecule has 16 heavy (non-hydrogen) atoms. The fourth-order valence-corrected chi connectivity index (χ4v) is 0.567. The molecule has 0 rings (SSSR count). The molecule has 0 aliphatic carbocycles. The molecule has 0 bridgehead atoms. The number of hydrogen-bond donors (Lipinski definition) is 4. The lowest BCUT2D eigenvalue weighted by Gasteiger charge is -2.09. The lowest BCUT2D eigenvalue weighted by Crippen LogP contribution is -2.29. The summed E-state index contributed by atoms with van der Waals surface area (Å²) in [6.45, 7) is -2.28. The number of rotatable bonds is 6. The molecule has 94 valence electrons. The van der Waals surface area contributed by atoms with E-state index >= 15 is 0 Å². The Hall–Kier alpha value is -1.22. The van der Waals surface area contributed by atoms with E-state index in [4.69, 9.17) is 20.4 Å². The topological polar surface area (TPSA) is 134 Å². The minimum Gasteiger partial charge on any atom is -0.454 e. The Morgan fingerprint density at radius 2 is 1.19 bits per heavy atom. The van der Waals surface area contributed by atoms with Gasteiger partial charge in [0.1, 0.15) is 25.4 Å². The average molecular weight is 238 g/mol. The van der Waals surface area contributed by atoms with Crippen LogP contribution in [-0.4, -0.2) is 71.0 Å². The van der Waals surface area contributed by atoms with Crippen LogP contribution in [0.25, 0.3) is 0 Å². The highest BCUT2D eigenvalue weighted by Gasteiger charge is 2.19. The number of esters is 2. The van der Waals surface area contributed by atoms with Crippen molar-refractivity contribution in [2.24, 2.45) is 0 Å². The molecule has 0 heterocycles. The van der Waals surface area contributed by atoms with Gasteiger partial charge in [-0.3, -0.25) is 0 Å². The van der Waals surface area contributed by atoms with E-state index in [0.717, 1.165) is 0 Å². The molecule has 0 aliphatic rings. The second kappa shape index (κ2) is 7.99. The molecule has 2 unspecified atom stereocenters. The number of ether oxygens (including phenoxy) is 2. The van der Waals surface area contributed by atoms with Gasteiger partial charge in [0, 0.05) is 0 Å². The molecule has 4 N–H and O–H groups in total. The van der Waals surface area contributed by atoms with Crippen molar-refractivity contribution >= 4 is 11.9 Å². The first-order chi connectivity index (χ1) is 7.51. The van der Waals surface area contributed by atoms with Gasteiger partial charge in [0.05, 0.1) is 13.2 Å². The smallest absolute Gasteiger partial charge is 0.417 e. The predicted octanol–water partition coefficient (Wildman–Crippen LogP) is -3.22. The van der Waals surface area contributed by atoms with Crippen LogP contribution in [0.15, 0.2) is 0 Å². The van der Waals surface area contributed by atoms with Crippen molar-refractivity contribution in [1.82, 2.24) is 0 Å². The number of carbonyl (C=O) groups is 2. The van der Waals surface area contributed by atoms with E-state index in [-0.39, 0.29) is 0 Å². The number of aliphatic hydroxyl groups is 4. The summed E-state index contributed by atoms with van der Waals surface area (Å²) in [7, 11) is 0. The SMILES string of the molecule is O=C(OCC(O)CO)C(=O)OCC(O)CO. The van der Waals surface area contributed by atoms with Crippen LogP contribution < -0.4 is 0 Å². The molecule has 2 atom stereocenters. The maximum absolute atomic E-state index is 10.8. The van der Waals surface area contributed by atoms with Crippen molar-refractivity contribution in [1.29, 1.82) is 0 Å². The van der Waals surface area contributed by atoms with Gasteiger partial charge in [0.25, 0.3) is 0 Å². The molecule has 0 saturated carbocycles. The van der Waals surface area contributed by atoms with Gasteiger partial charge in [-0.15, -0.1) is 0 Å². The van der Waals surface area contributed by atoms with Crippen LogP contribution in [0, 0.1) is 0 Å². The first kappa shape index (κ1) is 14.8. The molecule has 0 amide bonds. The van der Waals surface area contributed by atoms with Crippen LogP contribution in [0.5, 0.6) is 0 Å². The summed E-state index contributed by atoms with van der Waals surface area (Å²) in [4.78, 5) is 21.7. The van der Waals surface area contributed by atoms with Gasteiger partial charge >= 0.3 is 11.9 Å². The molecular weight excluding hydrogens is 224 g/mol. The summed E-state index contributed by atoms with van der Waals surface area (Å²) in [5, 5.41) is 34.3. The maximum atomic E-state index is 10.8. The van der Waals surface area contributed by atoms with Crippen LogP contribution in [0.2, 0.25) is 0 Å². The minimum atomic E-state index is -1.35. The lowest BCUT2D eigenvalue weighted by molar-refractivity contribution is -0.171. The molecule has 0 aliphatic heterocycles. The largest absolute Gasteiger partial charge is 0.454 e. The Morgan fingerprint density at radius 3 is 1.44 bits per heavy atom. The molecule has 0 radical (unpaired) electrons.